The molecule has 2 atom stereocenters. The normalized spacial score (nSPS) is 17.4. The molecule has 0 bridgehead atoms. The Hall–Kier alpha value is -3.42. The van der Waals surface area contributed by atoms with Crippen molar-refractivity contribution >= 4 is 5.69 Å². The third-order valence-corrected chi connectivity index (χ3v) is 8.33. The fraction of sp³-hybridized carbons (Fsp3) is 0.387. The molecular weight excluding hydrogens is 477 g/mol. The van der Waals surface area contributed by atoms with Gasteiger partial charge in [0.2, 0.25) is 0 Å². The minimum Gasteiger partial charge on any atom is -0.395 e. The minimum atomic E-state index is -0.226. The van der Waals surface area contributed by atoms with Gasteiger partial charge in [-0.1, -0.05) is 26.0 Å². The summed E-state index contributed by atoms with van der Waals surface area (Å²) in [7, 11) is 2.14. The van der Waals surface area contributed by atoms with Gasteiger partial charge in [-0.25, -0.2) is 9.37 Å². The van der Waals surface area contributed by atoms with Crippen LogP contribution in [0.1, 0.15) is 25.8 Å². The van der Waals surface area contributed by atoms with Crippen molar-refractivity contribution in [3.05, 3.63) is 78.5 Å². The maximum absolute atomic E-state index is 13.5. The minimum absolute atomic E-state index is 0.204. The van der Waals surface area contributed by atoms with E-state index < -0.39 is 0 Å². The molecule has 0 amide bonds. The first-order valence-electron chi connectivity index (χ1n) is 13.6. The van der Waals surface area contributed by atoms with E-state index in [1.54, 1.807) is 0 Å². The number of likely N-dealkylation sites (N-methyl/N-ethyl adjacent to an activating group) is 1. The molecule has 2 aromatic heterocycles. The molecule has 2 aliphatic rings. The van der Waals surface area contributed by atoms with Gasteiger partial charge in [0, 0.05) is 62.1 Å². The lowest BCUT2D eigenvalue weighted by atomic mass is 10.0. The first-order chi connectivity index (χ1) is 18.4. The predicted molar refractivity (Wildman–Crippen MR) is 150 cm³/mol. The fourth-order valence-corrected chi connectivity index (χ4v) is 6.25. The van der Waals surface area contributed by atoms with Crippen molar-refractivity contribution < 1.29 is 9.50 Å². The fourth-order valence-electron chi connectivity index (χ4n) is 6.25. The molecule has 0 radical (unpaired) electrons. The summed E-state index contributed by atoms with van der Waals surface area (Å²) in [5.74, 6) is 1.71. The van der Waals surface area contributed by atoms with Crippen molar-refractivity contribution in [3.8, 4) is 28.3 Å². The van der Waals surface area contributed by atoms with Crippen LogP contribution in [0.3, 0.4) is 0 Å². The number of benzene rings is 2. The van der Waals surface area contributed by atoms with E-state index >= 15 is 0 Å². The van der Waals surface area contributed by atoms with Crippen LogP contribution in [0.2, 0.25) is 0 Å². The smallest absolute Gasteiger partial charge is 0.161 e. The van der Waals surface area contributed by atoms with Crippen LogP contribution in [-0.2, 0) is 6.54 Å². The largest absolute Gasteiger partial charge is 0.395 e. The highest BCUT2D eigenvalue weighted by Crippen LogP contribution is 2.36. The van der Waals surface area contributed by atoms with Gasteiger partial charge in [0.1, 0.15) is 5.82 Å². The van der Waals surface area contributed by atoms with Gasteiger partial charge in [-0.2, -0.15) is 0 Å². The molecule has 0 saturated carbocycles. The zero-order valence-corrected chi connectivity index (χ0v) is 22.4. The Balaban J connectivity index is 1.26. The molecule has 6 rings (SSSR count). The maximum atomic E-state index is 13.5. The zero-order chi connectivity index (χ0) is 26.4. The van der Waals surface area contributed by atoms with Crippen LogP contribution in [-0.4, -0.2) is 63.5 Å². The average molecular weight is 514 g/mol. The molecular formula is C31H36FN5O. The van der Waals surface area contributed by atoms with E-state index in [4.69, 9.17) is 4.98 Å². The Bertz CT molecular complexity index is 1420. The summed E-state index contributed by atoms with van der Waals surface area (Å²) in [6, 6.07) is 15.8. The number of rotatable bonds is 7. The number of halogens is 1. The Morgan fingerprint density at radius 2 is 1.92 bits per heavy atom. The predicted octanol–water partition coefficient (Wildman–Crippen LogP) is 5.28. The van der Waals surface area contributed by atoms with Crippen molar-refractivity contribution in [2.75, 3.05) is 38.2 Å². The SMILES string of the molecule is CC(C)[C@H](CO)N(C)C[C@H]1CCN(c2ccc3c(c2)Cn2cc(-c4ccc(F)cc4)cc2-c2nccn2-3)C1. The van der Waals surface area contributed by atoms with Gasteiger partial charge in [-0.05, 0) is 72.8 Å². The van der Waals surface area contributed by atoms with Gasteiger partial charge < -0.3 is 19.5 Å². The number of anilines is 1. The highest BCUT2D eigenvalue weighted by atomic mass is 19.1. The summed E-state index contributed by atoms with van der Waals surface area (Å²) in [6.45, 7) is 8.38. The van der Waals surface area contributed by atoms with Crippen LogP contribution >= 0.6 is 0 Å². The zero-order valence-electron chi connectivity index (χ0n) is 22.4. The topological polar surface area (TPSA) is 49.5 Å². The van der Waals surface area contributed by atoms with E-state index in [2.05, 4.69) is 70.3 Å². The molecule has 1 N–H and O–H groups in total. The van der Waals surface area contributed by atoms with E-state index in [-0.39, 0.29) is 18.5 Å². The van der Waals surface area contributed by atoms with Crippen LogP contribution in [0, 0.1) is 17.7 Å². The molecule has 6 nitrogen and oxygen atoms in total. The molecule has 1 fully saturated rings. The number of aromatic nitrogens is 3. The molecule has 2 aliphatic heterocycles. The molecule has 1 saturated heterocycles. The second kappa shape index (κ2) is 10.0. The second-order valence-electron chi connectivity index (χ2n) is 11.2. The van der Waals surface area contributed by atoms with Gasteiger partial charge in [0.05, 0.1) is 18.0 Å². The summed E-state index contributed by atoms with van der Waals surface area (Å²) in [6.07, 6.45) is 7.19. The number of imidazole rings is 1. The van der Waals surface area contributed by atoms with Gasteiger partial charge in [0.15, 0.2) is 5.82 Å². The second-order valence-corrected chi connectivity index (χ2v) is 11.2. The van der Waals surface area contributed by atoms with Gasteiger partial charge in [-0.15, -0.1) is 0 Å². The van der Waals surface area contributed by atoms with Crippen LogP contribution in [0.15, 0.2) is 67.1 Å². The van der Waals surface area contributed by atoms with Crippen LogP contribution < -0.4 is 4.90 Å². The van der Waals surface area contributed by atoms with E-state index in [0.29, 0.717) is 11.8 Å². The lowest BCUT2D eigenvalue weighted by Gasteiger charge is -2.31. The first-order valence-corrected chi connectivity index (χ1v) is 13.6. The van der Waals surface area contributed by atoms with E-state index in [9.17, 15) is 9.50 Å². The maximum Gasteiger partial charge on any atom is 0.161 e. The van der Waals surface area contributed by atoms with Crippen LogP contribution in [0.4, 0.5) is 10.1 Å². The third-order valence-electron chi connectivity index (χ3n) is 8.33. The van der Waals surface area contributed by atoms with E-state index in [0.717, 1.165) is 60.9 Å². The number of nitrogens with zero attached hydrogens (tertiary/aromatic N) is 5. The van der Waals surface area contributed by atoms with Crippen molar-refractivity contribution in [2.45, 2.75) is 32.9 Å². The molecule has 4 heterocycles. The molecule has 0 spiro atoms. The Kier molecular flexibility index (Phi) is 6.58. The molecule has 198 valence electrons. The molecule has 4 aromatic rings. The standard InChI is InChI=1S/C31H36FN5O/c1-21(2)30(20-38)34(3)16-22-10-12-35(17-22)27-8-9-28-25(14-27)19-36-18-24(23-4-6-26(32)7-5-23)15-29(36)31-33-11-13-37(28)31/h4-9,11,13-15,18,21-22,30,38H,10,12,16-17,19-20H2,1-3H3/t22-,30+/m1/s1. The summed E-state index contributed by atoms with van der Waals surface area (Å²) in [4.78, 5) is 9.54. The molecule has 0 unspecified atom stereocenters. The average Bonchev–Trinajstić information content (AvgIpc) is 3.64. The number of aliphatic hydroxyl groups is 1. The Morgan fingerprint density at radius 1 is 1.11 bits per heavy atom. The molecule has 0 aliphatic carbocycles. The van der Waals surface area contributed by atoms with Crippen molar-refractivity contribution in [2.24, 2.45) is 11.8 Å². The Labute approximate surface area is 224 Å². The number of aliphatic hydroxyl groups excluding tert-OH is 1. The van der Waals surface area contributed by atoms with Gasteiger partial charge in [0.25, 0.3) is 0 Å². The third kappa shape index (κ3) is 4.54. The van der Waals surface area contributed by atoms with Crippen LogP contribution in [0.25, 0.3) is 28.3 Å². The van der Waals surface area contributed by atoms with Crippen molar-refractivity contribution in [1.29, 1.82) is 0 Å². The van der Waals surface area contributed by atoms with E-state index in [1.165, 1.54) is 23.4 Å². The summed E-state index contributed by atoms with van der Waals surface area (Å²) in [5.41, 5.74) is 6.78. The van der Waals surface area contributed by atoms with Crippen molar-refractivity contribution in [3.63, 3.8) is 0 Å². The van der Waals surface area contributed by atoms with Crippen molar-refractivity contribution in [1.82, 2.24) is 19.0 Å². The molecule has 38 heavy (non-hydrogen) atoms. The highest BCUT2D eigenvalue weighted by Gasteiger charge is 2.28. The lowest BCUT2D eigenvalue weighted by molar-refractivity contribution is 0.102. The number of fused-ring (bicyclic) bond motifs is 5. The van der Waals surface area contributed by atoms with E-state index in [1.807, 2.05) is 24.5 Å². The summed E-state index contributed by atoms with van der Waals surface area (Å²) < 4.78 is 17.9. The summed E-state index contributed by atoms with van der Waals surface area (Å²) in [5, 5.41) is 9.83. The van der Waals surface area contributed by atoms with Gasteiger partial charge in [-0.3, -0.25) is 4.57 Å². The number of hydrogen-bond acceptors (Lipinski definition) is 4. The summed E-state index contributed by atoms with van der Waals surface area (Å²) >= 11 is 0. The number of hydrogen-bond donors (Lipinski definition) is 1. The first kappa shape index (κ1) is 24.9. The van der Waals surface area contributed by atoms with Crippen LogP contribution in [0.5, 0.6) is 0 Å². The highest BCUT2D eigenvalue weighted by molar-refractivity contribution is 5.72. The molecule has 2 aromatic carbocycles. The Morgan fingerprint density at radius 3 is 2.68 bits per heavy atom. The quantitative estimate of drug-likeness (QED) is 0.322. The molecule has 7 heteroatoms. The lowest BCUT2D eigenvalue weighted by Crippen LogP contribution is -2.42. The van der Waals surface area contributed by atoms with Gasteiger partial charge >= 0.3 is 0 Å². The monoisotopic (exact) mass is 513 g/mol.